The van der Waals surface area contributed by atoms with Crippen molar-refractivity contribution in [2.24, 2.45) is 0 Å². The van der Waals surface area contributed by atoms with E-state index in [9.17, 15) is 4.79 Å². The second-order valence-electron chi connectivity index (χ2n) is 5.38. The summed E-state index contributed by atoms with van der Waals surface area (Å²) >= 11 is 12.9. The molecule has 1 rings (SSSR count). The number of hydrogen-bond donors (Lipinski definition) is 2. The first kappa shape index (κ1) is 20.1. The number of anilines is 1. The molecule has 0 bridgehead atoms. The van der Waals surface area contributed by atoms with E-state index in [1.807, 2.05) is 39.2 Å². The summed E-state index contributed by atoms with van der Waals surface area (Å²) in [5.74, 6) is 0.555. The smallest absolute Gasteiger partial charge is 0.328 e. The van der Waals surface area contributed by atoms with Crippen molar-refractivity contribution in [3.63, 3.8) is 0 Å². The summed E-state index contributed by atoms with van der Waals surface area (Å²) in [6, 6.07) is 5.04. The van der Waals surface area contributed by atoms with Crippen molar-refractivity contribution in [1.29, 1.82) is 0 Å². The maximum Gasteiger partial charge on any atom is 0.328 e. The SMILES string of the molecule is CSCCC(NC(=S)Nc1ccc(Cl)cc1C)C(=O)OC(C)C. The summed E-state index contributed by atoms with van der Waals surface area (Å²) in [6.45, 7) is 5.60. The molecular weight excluding hydrogens is 352 g/mol. The van der Waals surface area contributed by atoms with Gasteiger partial charge in [-0.1, -0.05) is 11.6 Å². The Hall–Kier alpha value is -0.980. The Morgan fingerprint density at radius 2 is 2.13 bits per heavy atom. The molecule has 0 amide bonds. The molecule has 0 radical (unpaired) electrons. The first-order valence-corrected chi connectivity index (χ1v) is 9.54. The van der Waals surface area contributed by atoms with Gasteiger partial charge in [-0.2, -0.15) is 11.8 Å². The van der Waals surface area contributed by atoms with Gasteiger partial charge in [0.05, 0.1) is 6.10 Å². The van der Waals surface area contributed by atoms with Crippen LogP contribution in [0.1, 0.15) is 25.8 Å². The number of carbonyl (C=O) groups excluding carboxylic acids is 1. The zero-order chi connectivity index (χ0) is 17.4. The molecule has 0 heterocycles. The first-order valence-electron chi connectivity index (χ1n) is 7.36. The molecule has 0 saturated heterocycles. The molecule has 1 aromatic rings. The highest BCUT2D eigenvalue weighted by molar-refractivity contribution is 7.98. The molecule has 7 heteroatoms. The van der Waals surface area contributed by atoms with Crippen molar-refractivity contribution in [2.75, 3.05) is 17.3 Å². The lowest BCUT2D eigenvalue weighted by Gasteiger charge is -2.21. The van der Waals surface area contributed by atoms with E-state index in [1.54, 1.807) is 17.8 Å². The molecule has 0 aliphatic carbocycles. The molecule has 1 aromatic carbocycles. The Morgan fingerprint density at radius 1 is 1.43 bits per heavy atom. The Labute approximate surface area is 152 Å². The molecule has 1 atom stereocenters. The summed E-state index contributed by atoms with van der Waals surface area (Å²) in [5.41, 5.74) is 1.83. The summed E-state index contributed by atoms with van der Waals surface area (Å²) in [5, 5.41) is 7.21. The molecular formula is C16H23ClN2O2S2. The third kappa shape index (κ3) is 7.42. The van der Waals surface area contributed by atoms with Gasteiger partial charge in [0, 0.05) is 10.7 Å². The highest BCUT2D eigenvalue weighted by atomic mass is 35.5. The second kappa shape index (κ2) is 10.0. The van der Waals surface area contributed by atoms with Crippen LogP contribution in [0.3, 0.4) is 0 Å². The van der Waals surface area contributed by atoms with E-state index >= 15 is 0 Å². The second-order valence-corrected chi connectivity index (χ2v) is 7.21. The molecule has 0 aromatic heterocycles. The van der Waals surface area contributed by atoms with Gasteiger partial charge in [-0.15, -0.1) is 0 Å². The average molecular weight is 375 g/mol. The number of aryl methyl sites for hydroxylation is 1. The van der Waals surface area contributed by atoms with Gasteiger partial charge >= 0.3 is 5.97 Å². The van der Waals surface area contributed by atoms with Crippen molar-refractivity contribution in [3.8, 4) is 0 Å². The number of carbonyl (C=O) groups is 1. The maximum atomic E-state index is 12.2. The van der Waals surface area contributed by atoms with Crippen molar-refractivity contribution in [1.82, 2.24) is 5.32 Å². The van der Waals surface area contributed by atoms with Crippen LogP contribution in [0.25, 0.3) is 0 Å². The van der Waals surface area contributed by atoms with Crippen molar-refractivity contribution < 1.29 is 9.53 Å². The standard InChI is InChI=1S/C16H23ClN2O2S2/c1-10(2)21-15(20)14(7-8-23-4)19-16(22)18-13-6-5-12(17)9-11(13)3/h5-6,9-10,14H,7-8H2,1-4H3,(H2,18,19,22). The Morgan fingerprint density at radius 3 is 2.70 bits per heavy atom. The topological polar surface area (TPSA) is 50.4 Å². The Bertz CT molecular complexity index is 553. The molecule has 1 unspecified atom stereocenters. The summed E-state index contributed by atoms with van der Waals surface area (Å²) in [7, 11) is 0. The van der Waals surface area contributed by atoms with E-state index in [0.29, 0.717) is 16.6 Å². The highest BCUT2D eigenvalue weighted by Crippen LogP contribution is 2.19. The van der Waals surface area contributed by atoms with Crippen LogP contribution in [0.5, 0.6) is 0 Å². The molecule has 0 spiro atoms. The predicted molar refractivity (Wildman–Crippen MR) is 104 cm³/mol. The lowest BCUT2D eigenvalue weighted by molar-refractivity contribution is -0.149. The molecule has 0 saturated carbocycles. The molecule has 4 nitrogen and oxygen atoms in total. The highest BCUT2D eigenvalue weighted by Gasteiger charge is 2.21. The van der Waals surface area contributed by atoms with Crippen LogP contribution in [-0.4, -0.2) is 35.2 Å². The molecule has 0 aliphatic heterocycles. The van der Waals surface area contributed by atoms with Gasteiger partial charge in [0.2, 0.25) is 0 Å². The normalized spacial score (nSPS) is 11.9. The fourth-order valence-electron chi connectivity index (χ4n) is 1.88. The average Bonchev–Trinajstić information content (AvgIpc) is 2.45. The number of rotatable bonds is 7. The van der Waals surface area contributed by atoms with Gasteiger partial charge < -0.3 is 15.4 Å². The summed E-state index contributed by atoms with van der Waals surface area (Å²) in [4.78, 5) is 12.2. The summed E-state index contributed by atoms with van der Waals surface area (Å²) in [6.07, 6.45) is 2.49. The van der Waals surface area contributed by atoms with E-state index in [4.69, 9.17) is 28.6 Å². The monoisotopic (exact) mass is 374 g/mol. The lowest BCUT2D eigenvalue weighted by atomic mass is 10.2. The molecule has 23 heavy (non-hydrogen) atoms. The molecule has 128 valence electrons. The van der Waals surface area contributed by atoms with E-state index in [0.717, 1.165) is 17.0 Å². The van der Waals surface area contributed by atoms with Gasteiger partial charge in [-0.25, -0.2) is 4.79 Å². The van der Waals surface area contributed by atoms with Gasteiger partial charge in [0.15, 0.2) is 5.11 Å². The quantitative estimate of drug-likeness (QED) is 0.555. The van der Waals surface area contributed by atoms with Crippen LogP contribution < -0.4 is 10.6 Å². The molecule has 0 fully saturated rings. The van der Waals surface area contributed by atoms with Crippen molar-refractivity contribution >= 4 is 52.3 Å². The van der Waals surface area contributed by atoms with Gasteiger partial charge in [0.1, 0.15) is 6.04 Å². The van der Waals surface area contributed by atoms with Crippen LogP contribution in [0.2, 0.25) is 5.02 Å². The molecule has 0 aliphatic rings. The lowest BCUT2D eigenvalue weighted by Crippen LogP contribution is -2.44. The van der Waals surface area contributed by atoms with Crippen molar-refractivity contribution in [2.45, 2.75) is 39.3 Å². The fraction of sp³-hybridized carbons (Fsp3) is 0.500. The van der Waals surface area contributed by atoms with Crippen LogP contribution in [0.4, 0.5) is 5.69 Å². The van der Waals surface area contributed by atoms with Crippen LogP contribution in [-0.2, 0) is 9.53 Å². The minimum absolute atomic E-state index is 0.152. The number of esters is 1. The zero-order valence-electron chi connectivity index (χ0n) is 13.8. The van der Waals surface area contributed by atoms with Crippen LogP contribution in [0, 0.1) is 6.92 Å². The summed E-state index contributed by atoms with van der Waals surface area (Å²) < 4.78 is 5.28. The third-order valence-corrected chi connectivity index (χ3v) is 4.09. The minimum atomic E-state index is -0.461. The number of ether oxygens (including phenoxy) is 1. The molecule has 2 N–H and O–H groups in total. The van der Waals surface area contributed by atoms with E-state index < -0.39 is 6.04 Å². The predicted octanol–water partition coefficient (Wildman–Crippen LogP) is 4.01. The Kier molecular flexibility index (Phi) is 8.73. The largest absolute Gasteiger partial charge is 0.461 e. The number of thioether (sulfide) groups is 1. The van der Waals surface area contributed by atoms with Crippen LogP contribution >= 0.6 is 35.6 Å². The minimum Gasteiger partial charge on any atom is -0.461 e. The van der Waals surface area contributed by atoms with Gasteiger partial charge in [-0.05, 0) is 75.2 Å². The van der Waals surface area contributed by atoms with Crippen LogP contribution in [0.15, 0.2) is 18.2 Å². The van der Waals surface area contributed by atoms with Gasteiger partial charge in [0.25, 0.3) is 0 Å². The number of hydrogen-bond acceptors (Lipinski definition) is 4. The van der Waals surface area contributed by atoms with E-state index in [1.165, 1.54) is 0 Å². The fourth-order valence-corrected chi connectivity index (χ4v) is 2.83. The maximum absolute atomic E-state index is 12.2. The number of benzene rings is 1. The first-order chi connectivity index (χ1) is 10.8. The third-order valence-electron chi connectivity index (χ3n) is 2.99. The van der Waals surface area contributed by atoms with E-state index in [-0.39, 0.29) is 12.1 Å². The number of thiocarbonyl (C=S) groups is 1. The Balaban J connectivity index is 2.70. The number of nitrogens with one attached hydrogen (secondary N) is 2. The van der Waals surface area contributed by atoms with Crippen molar-refractivity contribution in [3.05, 3.63) is 28.8 Å². The number of halogens is 1. The van der Waals surface area contributed by atoms with E-state index in [2.05, 4.69) is 10.6 Å². The zero-order valence-corrected chi connectivity index (χ0v) is 16.2. The van der Waals surface area contributed by atoms with Gasteiger partial charge in [-0.3, -0.25) is 0 Å².